The number of epoxide rings is 1. The van der Waals surface area contributed by atoms with Crippen molar-refractivity contribution in [2.24, 2.45) is 29.4 Å². The first-order chi connectivity index (χ1) is 41.0. The summed E-state index contributed by atoms with van der Waals surface area (Å²) in [5.74, 6) is -4.98. The molecule has 0 spiro atoms. The van der Waals surface area contributed by atoms with Gasteiger partial charge in [0.1, 0.15) is 35.7 Å². The molecule has 5 rings (SSSR count). The summed E-state index contributed by atoms with van der Waals surface area (Å²) in [6.45, 7) is 14.5. The number of carbonyl (C=O) groups is 9. The highest BCUT2D eigenvalue weighted by atomic mass is 79.9. The number of nitrogens with one attached hydrogen (secondary N) is 3. The molecule has 10 atom stereocenters. The third kappa shape index (κ3) is 19.6. The van der Waals surface area contributed by atoms with Gasteiger partial charge in [-0.05, 0) is 120 Å². The maximum absolute atomic E-state index is 14.5. The highest BCUT2D eigenvalue weighted by Crippen LogP contribution is 2.49. The van der Waals surface area contributed by atoms with Crippen molar-refractivity contribution in [2.45, 2.75) is 174 Å². The first-order valence-electron chi connectivity index (χ1n) is 29.5. The number of alkyl halides is 2. The zero-order chi connectivity index (χ0) is 64.7. The summed E-state index contributed by atoms with van der Waals surface area (Å²) in [6, 6.07) is 5.53. The number of esters is 2. The number of urea groups is 1. The molecular weight excluding hydrogens is 1280 g/mol. The number of alkyl carbamates (subject to hydrolysis) is 1. The number of aliphatic hydroxyl groups is 1. The fourth-order valence-electron chi connectivity index (χ4n) is 10.9. The summed E-state index contributed by atoms with van der Waals surface area (Å²) in [5, 5.41) is 21.2. The van der Waals surface area contributed by atoms with Crippen LogP contribution in [0, 0.1) is 37.5 Å². The number of aryl methyl sites for hydroxylation is 2. The number of unbranched alkanes of at least 4 members (excludes halogenated alkanes) is 2. The Labute approximate surface area is 532 Å². The van der Waals surface area contributed by atoms with E-state index in [-0.39, 0.29) is 86.6 Å². The van der Waals surface area contributed by atoms with Gasteiger partial charge in [0.25, 0.3) is 5.91 Å². The van der Waals surface area contributed by atoms with Gasteiger partial charge < -0.3 is 55.0 Å². The van der Waals surface area contributed by atoms with Crippen LogP contribution in [0.25, 0.3) is 0 Å². The van der Waals surface area contributed by atoms with E-state index in [9.17, 15) is 48.3 Å². The lowest BCUT2D eigenvalue weighted by Gasteiger charge is -2.42. The molecule has 6 amide bonds. The summed E-state index contributed by atoms with van der Waals surface area (Å²) in [7, 11) is 4.43. The Balaban J connectivity index is 1.31. The standard InChI is InChI=1S/C63H87Br2ClN6O15/c1-35(2)46(30-45(73)18-13-12-14-24-84-59(79)44(33-64)34-65)56(76)69-47(19-16-23-68-60(67)80)49(74)29-42-21-22-43(27-37(42)4)57(77)71(9)40(7)58(78)86-52-31-53(75)72(10)48-28-41(26-38(5)54(48)66)25-36(3)17-15-20-51(83-11)63(82)32-50(85-61(81)70-63)39(6)55-62(52,8)87-55/h15,17,20-22,26-28,35,39-40,44,46-47,50-52,55,82H,12-14,16,18-19,23-25,29-34H2,1-11H3,(H,69,76)(H,70,81)(H3,67,68,80)/b20-15+,36-17+/t39-,40+,46+,47+,50+,51-,52+,55+,62+,63+/m1/s1. The number of ether oxygens (including phenoxy) is 5. The number of nitrogens with two attached hydrogens (primary N) is 1. The SMILES string of the molecule is CO[C@@H]1/C=C/C=C(\C)Cc2cc(C)c(Cl)c(c2)N(C)C(=O)C[C@H](OC(=O)[C@H](C)N(C)C(=O)c2ccc(CC(=O)[C@H](CCCNC(N)=O)NC(=O)[C@@H](CC(=O)CCCCCOC(=O)C(CBr)CBr)C(C)C)c(C)c2)[C@]2(C)O[C@H]2[C@H](C)[C@@H]2C[C@@]1(O)NC(=O)O2. The van der Waals surface area contributed by atoms with E-state index in [1.165, 1.54) is 36.9 Å². The zero-order valence-corrected chi connectivity index (χ0v) is 55.7. The first kappa shape index (κ1) is 72.0. The summed E-state index contributed by atoms with van der Waals surface area (Å²) in [5.41, 5.74) is 6.32. The number of nitrogens with zero attached hydrogens (tertiary/aromatic N) is 2. The van der Waals surface area contributed by atoms with E-state index >= 15 is 0 Å². The van der Waals surface area contributed by atoms with Gasteiger partial charge in [0.15, 0.2) is 11.5 Å². The molecule has 3 aliphatic heterocycles. The average molecular weight is 1360 g/mol. The van der Waals surface area contributed by atoms with Crippen LogP contribution >= 0.6 is 43.5 Å². The Morgan fingerprint density at radius 2 is 1.69 bits per heavy atom. The molecule has 0 unspecified atom stereocenters. The summed E-state index contributed by atoms with van der Waals surface area (Å²) >= 11 is 13.5. The average Bonchev–Trinajstić information content (AvgIpc) is 1.65. The number of hydrogen-bond donors (Lipinski definition) is 5. The van der Waals surface area contributed by atoms with E-state index in [0.29, 0.717) is 64.6 Å². The van der Waals surface area contributed by atoms with E-state index < -0.39 is 95.5 Å². The van der Waals surface area contributed by atoms with Crippen LogP contribution < -0.4 is 26.6 Å². The number of methoxy groups -OCH3 is 1. The molecule has 24 heteroatoms. The number of halogens is 3. The molecule has 0 aliphatic carbocycles. The van der Waals surface area contributed by atoms with Crippen molar-refractivity contribution in [1.82, 2.24) is 20.9 Å². The van der Waals surface area contributed by atoms with Crippen LogP contribution in [0.4, 0.5) is 15.3 Å². The van der Waals surface area contributed by atoms with Crippen LogP contribution in [0.1, 0.15) is 132 Å². The number of primary amides is 1. The smallest absolute Gasteiger partial charge is 0.409 e. The van der Waals surface area contributed by atoms with Gasteiger partial charge in [-0.2, -0.15) is 0 Å². The van der Waals surface area contributed by atoms with Crippen molar-refractivity contribution in [2.75, 3.05) is 49.9 Å². The third-order valence-electron chi connectivity index (χ3n) is 16.7. The highest BCUT2D eigenvalue weighted by molar-refractivity contribution is 9.09. The van der Waals surface area contributed by atoms with Crippen molar-refractivity contribution in [3.05, 3.63) is 87.0 Å². The Kier molecular flexibility index (Phi) is 27.0. The first-order valence-corrected chi connectivity index (χ1v) is 32.2. The molecular formula is C63H87Br2ClN6O15. The van der Waals surface area contributed by atoms with Crippen LogP contribution in [-0.4, -0.2) is 156 Å². The largest absolute Gasteiger partial charge is 0.465 e. The second kappa shape index (κ2) is 32.7. The number of hydrogen-bond acceptors (Lipinski definition) is 15. The molecule has 2 aromatic rings. The summed E-state index contributed by atoms with van der Waals surface area (Å²) in [4.78, 5) is 124. The fourth-order valence-corrected chi connectivity index (χ4v) is 12.7. The number of rotatable bonds is 26. The van der Waals surface area contributed by atoms with E-state index in [0.717, 1.165) is 16.7 Å². The van der Waals surface area contributed by atoms with Crippen LogP contribution in [-0.2, 0) is 65.3 Å². The quantitative estimate of drug-likeness (QED) is 0.0195. The Hall–Kier alpha value is -5.72. The minimum absolute atomic E-state index is 0.0331. The normalized spacial score (nSPS) is 24.2. The molecule has 0 aromatic heterocycles. The third-order valence-corrected chi connectivity index (χ3v) is 18.8. The van der Waals surface area contributed by atoms with Crippen molar-refractivity contribution >= 4 is 102 Å². The van der Waals surface area contributed by atoms with Gasteiger partial charge >= 0.3 is 24.1 Å². The number of Topliss-reactive ketones (excluding diaryl/α,β-unsaturated/α-hetero) is 2. The van der Waals surface area contributed by atoms with Gasteiger partial charge in [-0.1, -0.05) is 100 Å². The van der Waals surface area contributed by atoms with Gasteiger partial charge in [-0.25, -0.2) is 14.4 Å². The lowest BCUT2D eigenvalue weighted by molar-refractivity contribution is -0.158. The fraction of sp³-hybridized carbons (Fsp3) is 0.603. The molecule has 3 heterocycles. The zero-order valence-electron chi connectivity index (χ0n) is 51.8. The van der Waals surface area contributed by atoms with Crippen LogP contribution in [0.15, 0.2) is 54.1 Å². The maximum Gasteiger partial charge on any atom is 0.409 e. The molecule has 87 heavy (non-hydrogen) atoms. The number of benzene rings is 2. The van der Waals surface area contributed by atoms with E-state index in [2.05, 4.69) is 47.8 Å². The number of allylic oxidation sites excluding steroid dienone is 3. The van der Waals surface area contributed by atoms with Crippen molar-refractivity contribution in [3.63, 3.8) is 0 Å². The second-order valence-electron chi connectivity index (χ2n) is 23.8. The molecule has 2 aromatic carbocycles. The van der Waals surface area contributed by atoms with Crippen molar-refractivity contribution in [1.29, 1.82) is 0 Å². The molecule has 480 valence electrons. The van der Waals surface area contributed by atoms with E-state index in [1.54, 1.807) is 52.1 Å². The minimum Gasteiger partial charge on any atom is -0.465 e. The molecule has 6 N–H and O–H groups in total. The van der Waals surface area contributed by atoms with Crippen molar-refractivity contribution < 1.29 is 71.9 Å². The molecule has 21 nitrogen and oxygen atoms in total. The number of carbonyl (C=O) groups excluding carboxylic acids is 9. The van der Waals surface area contributed by atoms with Gasteiger partial charge in [0, 0.05) is 81.5 Å². The predicted molar refractivity (Wildman–Crippen MR) is 336 cm³/mol. The number of fused-ring (bicyclic) bond motifs is 5. The topological polar surface area (TPSA) is 292 Å². The minimum atomic E-state index is -1.89. The molecule has 3 aliphatic rings. The van der Waals surface area contributed by atoms with Crippen LogP contribution in [0.3, 0.4) is 0 Å². The molecule has 2 fully saturated rings. The number of likely N-dealkylation sites (N-methyl/N-ethyl adjacent to an activating group) is 1. The van der Waals surface area contributed by atoms with E-state index in [1.807, 2.05) is 45.9 Å². The number of amides is 6. The summed E-state index contributed by atoms with van der Waals surface area (Å²) < 4.78 is 29.4. The van der Waals surface area contributed by atoms with Crippen molar-refractivity contribution in [3.8, 4) is 0 Å². The molecule has 2 saturated heterocycles. The predicted octanol–water partition coefficient (Wildman–Crippen LogP) is 8.22. The van der Waals surface area contributed by atoms with Gasteiger partial charge in [0.2, 0.25) is 11.8 Å². The second-order valence-corrected chi connectivity index (χ2v) is 25.5. The lowest BCUT2D eigenvalue weighted by atomic mass is 9.83. The van der Waals surface area contributed by atoms with Gasteiger partial charge in [-0.15, -0.1) is 0 Å². The molecule has 0 saturated carbocycles. The maximum atomic E-state index is 14.5. The summed E-state index contributed by atoms with van der Waals surface area (Å²) in [6.07, 6.45) is 2.71. The van der Waals surface area contributed by atoms with Crippen LogP contribution in [0.5, 0.6) is 0 Å². The lowest BCUT2D eigenvalue weighted by Crippen LogP contribution is -2.63. The number of anilines is 1. The highest BCUT2D eigenvalue weighted by Gasteiger charge is 2.64. The van der Waals surface area contributed by atoms with E-state index in [4.69, 9.17) is 41.0 Å². The monoisotopic (exact) mass is 1360 g/mol. The van der Waals surface area contributed by atoms with Crippen LogP contribution in [0.2, 0.25) is 5.02 Å². The number of ketones is 2. The Bertz CT molecular complexity index is 2900. The Morgan fingerprint density at radius 3 is 2.33 bits per heavy atom. The molecule has 0 radical (unpaired) electrons. The van der Waals surface area contributed by atoms with Gasteiger partial charge in [-0.3, -0.25) is 34.1 Å². The Morgan fingerprint density at radius 1 is 0.989 bits per heavy atom. The van der Waals surface area contributed by atoms with Gasteiger partial charge in [0.05, 0.1) is 41.8 Å². The molecule has 4 bridgehead atoms.